The first kappa shape index (κ1) is 17.7. The molecule has 27 heavy (non-hydrogen) atoms. The number of nitriles is 1. The third-order valence-electron chi connectivity index (χ3n) is 5.27. The fourth-order valence-electron chi connectivity index (χ4n) is 3.82. The zero-order valence-corrected chi connectivity index (χ0v) is 15.3. The summed E-state index contributed by atoms with van der Waals surface area (Å²) in [5, 5.41) is 11.4. The molecule has 2 bridgehead atoms. The van der Waals surface area contributed by atoms with E-state index in [9.17, 15) is 17.6 Å². The van der Waals surface area contributed by atoms with Crippen LogP contribution in [0.3, 0.4) is 0 Å². The highest BCUT2D eigenvalue weighted by molar-refractivity contribution is 7.89. The third kappa shape index (κ3) is 2.91. The highest BCUT2D eigenvalue weighted by Gasteiger charge is 2.58. The molecule has 0 saturated heterocycles. The second-order valence-corrected chi connectivity index (χ2v) is 8.92. The van der Waals surface area contributed by atoms with Gasteiger partial charge in [-0.3, -0.25) is 4.79 Å². The number of hydrogen-bond acceptors (Lipinski definition) is 4. The predicted molar refractivity (Wildman–Crippen MR) is 94.9 cm³/mol. The van der Waals surface area contributed by atoms with Crippen molar-refractivity contribution in [2.75, 3.05) is 5.32 Å². The van der Waals surface area contributed by atoms with E-state index >= 15 is 0 Å². The second-order valence-electron chi connectivity index (χ2n) is 7.26. The Kier molecular flexibility index (Phi) is 3.87. The first-order valence-corrected chi connectivity index (χ1v) is 9.92. The van der Waals surface area contributed by atoms with Crippen molar-refractivity contribution in [3.8, 4) is 6.07 Å². The lowest BCUT2D eigenvalue weighted by molar-refractivity contribution is -0.0317. The Bertz CT molecular complexity index is 1080. The number of rotatable bonds is 5. The molecule has 5 rings (SSSR count). The maximum atomic E-state index is 13.4. The van der Waals surface area contributed by atoms with Crippen LogP contribution in [0.25, 0.3) is 0 Å². The van der Waals surface area contributed by atoms with Gasteiger partial charge in [-0.05, 0) is 49.4 Å². The standard InChI is InChI=1S/C18H17FN4O3S/c1-23-5-4-15(27(25,26)22-18-7-11(8-18)9-18)16(23)17(24)21-13-2-3-14(19)12(6-13)10-20/h2-6,11,22H,7-9H2,1H3,(H,21,24). The molecule has 140 valence electrons. The minimum Gasteiger partial charge on any atom is -0.345 e. The van der Waals surface area contributed by atoms with Crippen molar-refractivity contribution in [3.05, 3.63) is 47.5 Å². The molecular weight excluding hydrogens is 371 g/mol. The Morgan fingerprint density at radius 1 is 1.33 bits per heavy atom. The van der Waals surface area contributed by atoms with Crippen molar-refractivity contribution in [2.24, 2.45) is 13.0 Å². The molecule has 0 radical (unpaired) electrons. The lowest BCUT2D eigenvalue weighted by atomic mass is 9.50. The zero-order valence-electron chi connectivity index (χ0n) is 14.5. The average molecular weight is 388 g/mol. The second kappa shape index (κ2) is 5.90. The molecule has 2 N–H and O–H groups in total. The van der Waals surface area contributed by atoms with Gasteiger partial charge in [0.05, 0.1) is 5.56 Å². The molecule has 2 aromatic rings. The Morgan fingerprint density at radius 3 is 2.63 bits per heavy atom. The van der Waals surface area contributed by atoms with Crippen molar-refractivity contribution < 1.29 is 17.6 Å². The normalized spacial score (nSPS) is 23.1. The molecule has 0 aliphatic heterocycles. The number of benzene rings is 1. The van der Waals surface area contributed by atoms with Crippen LogP contribution in [0.2, 0.25) is 0 Å². The van der Waals surface area contributed by atoms with Crippen LogP contribution in [0.5, 0.6) is 0 Å². The van der Waals surface area contributed by atoms with Crippen LogP contribution in [-0.4, -0.2) is 24.4 Å². The highest BCUT2D eigenvalue weighted by atomic mass is 32.2. The Balaban J connectivity index is 1.61. The van der Waals surface area contributed by atoms with Crippen molar-refractivity contribution in [1.82, 2.24) is 9.29 Å². The minimum atomic E-state index is -3.85. The van der Waals surface area contributed by atoms with E-state index in [0.717, 1.165) is 25.3 Å². The smallest absolute Gasteiger partial charge is 0.273 e. The van der Waals surface area contributed by atoms with Gasteiger partial charge in [0.2, 0.25) is 10.0 Å². The number of carbonyl (C=O) groups excluding carboxylic acids is 1. The SMILES string of the molecule is Cn1ccc(S(=O)(=O)NC23CC(C2)C3)c1C(=O)Nc1ccc(F)c(C#N)c1. The van der Waals surface area contributed by atoms with Crippen molar-refractivity contribution in [3.63, 3.8) is 0 Å². The van der Waals surface area contributed by atoms with Crippen molar-refractivity contribution >= 4 is 21.6 Å². The van der Waals surface area contributed by atoms with Crippen molar-refractivity contribution in [1.29, 1.82) is 5.26 Å². The van der Waals surface area contributed by atoms with Crippen LogP contribution in [-0.2, 0) is 17.1 Å². The zero-order chi connectivity index (χ0) is 19.4. The summed E-state index contributed by atoms with van der Waals surface area (Å²) >= 11 is 0. The lowest BCUT2D eigenvalue weighted by Crippen LogP contribution is -2.68. The summed E-state index contributed by atoms with van der Waals surface area (Å²) in [4.78, 5) is 12.6. The van der Waals surface area contributed by atoms with Gasteiger partial charge in [-0.25, -0.2) is 17.5 Å². The Hall–Kier alpha value is -2.70. The first-order valence-electron chi connectivity index (χ1n) is 8.43. The van der Waals surface area contributed by atoms with E-state index in [2.05, 4.69) is 10.0 Å². The maximum absolute atomic E-state index is 13.4. The molecule has 1 aromatic carbocycles. The summed E-state index contributed by atoms with van der Waals surface area (Å²) in [6, 6.07) is 6.66. The number of aromatic nitrogens is 1. The first-order chi connectivity index (χ1) is 12.7. The minimum absolute atomic E-state index is 0.0306. The van der Waals surface area contributed by atoms with E-state index in [-0.39, 0.29) is 27.4 Å². The fourth-order valence-corrected chi connectivity index (χ4v) is 5.48. The van der Waals surface area contributed by atoms with Gasteiger partial charge in [0.25, 0.3) is 5.91 Å². The molecule has 3 fully saturated rings. The van der Waals surface area contributed by atoms with Crippen LogP contribution in [0.15, 0.2) is 35.4 Å². The molecule has 3 aliphatic rings. The number of hydrogen-bond donors (Lipinski definition) is 2. The number of sulfonamides is 1. The van der Waals surface area contributed by atoms with E-state index in [4.69, 9.17) is 5.26 Å². The molecular formula is C18H17FN4O3S. The van der Waals surface area contributed by atoms with Gasteiger partial charge in [-0.1, -0.05) is 0 Å². The average Bonchev–Trinajstić information content (AvgIpc) is 2.94. The molecule has 1 aromatic heterocycles. The van der Waals surface area contributed by atoms with E-state index in [0.29, 0.717) is 5.92 Å². The van der Waals surface area contributed by atoms with E-state index in [1.54, 1.807) is 13.1 Å². The summed E-state index contributed by atoms with van der Waals surface area (Å²) in [7, 11) is -2.28. The quantitative estimate of drug-likeness (QED) is 0.819. The van der Waals surface area contributed by atoms with Crippen LogP contribution in [0.1, 0.15) is 35.3 Å². The van der Waals surface area contributed by atoms with Crippen molar-refractivity contribution in [2.45, 2.75) is 29.7 Å². The summed E-state index contributed by atoms with van der Waals surface area (Å²) in [5.41, 5.74) is -0.393. The van der Waals surface area contributed by atoms with E-state index in [1.165, 1.54) is 29.0 Å². The van der Waals surface area contributed by atoms with Crippen LogP contribution >= 0.6 is 0 Å². The third-order valence-corrected chi connectivity index (χ3v) is 6.88. The topological polar surface area (TPSA) is 104 Å². The molecule has 1 heterocycles. The molecule has 0 atom stereocenters. The molecule has 0 unspecified atom stereocenters. The van der Waals surface area contributed by atoms with Gasteiger partial charge in [0, 0.05) is 24.5 Å². The monoisotopic (exact) mass is 388 g/mol. The molecule has 7 nitrogen and oxygen atoms in total. The number of amides is 1. The van der Waals surface area contributed by atoms with Gasteiger partial charge in [0.1, 0.15) is 22.5 Å². The summed E-state index contributed by atoms with van der Waals surface area (Å²) in [6.45, 7) is 0. The van der Waals surface area contributed by atoms with Gasteiger partial charge >= 0.3 is 0 Å². The molecule has 0 spiro atoms. The maximum Gasteiger partial charge on any atom is 0.273 e. The summed E-state index contributed by atoms with van der Waals surface area (Å²) in [5.74, 6) is -0.740. The van der Waals surface area contributed by atoms with Crippen LogP contribution < -0.4 is 10.0 Å². The van der Waals surface area contributed by atoms with E-state index < -0.39 is 21.7 Å². The fraction of sp³-hybridized carbons (Fsp3) is 0.333. The Morgan fingerprint density at radius 2 is 2.04 bits per heavy atom. The van der Waals surface area contributed by atoms with Crippen LogP contribution in [0.4, 0.5) is 10.1 Å². The lowest BCUT2D eigenvalue weighted by Gasteiger charge is -2.61. The largest absolute Gasteiger partial charge is 0.345 e. The molecule has 9 heteroatoms. The van der Waals surface area contributed by atoms with E-state index in [1.807, 2.05) is 0 Å². The highest BCUT2D eigenvalue weighted by Crippen LogP contribution is 2.57. The van der Waals surface area contributed by atoms with Gasteiger partial charge in [-0.2, -0.15) is 5.26 Å². The summed E-state index contributed by atoms with van der Waals surface area (Å²) in [6.07, 6.45) is 4.02. The number of nitrogens with zero attached hydrogens (tertiary/aromatic N) is 2. The number of carbonyl (C=O) groups is 1. The molecule has 3 aliphatic carbocycles. The number of nitrogens with one attached hydrogen (secondary N) is 2. The van der Waals surface area contributed by atoms with Crippen LogP contribution in [0, 0.1) is 23.1 Å². The predicted octanol–water partition coefficient (Wildman–Crippen LogP) is 2.12. The van der Waals surface area contributed by atoms with Gasteiger partial charge in [-0.15, -0.1) is 0 Å². The Labute approximate surface area is 155 Å². The number of aryl methyl sites for hydroxylation is 1. The molecule has 1 amide bonds. The number of halogens is 1. The summed E-state index contributed by atoms with van der Waals surface area (Å²) < 4.78 is 43.2. The van der Waals surface area contributed by atoms with Gasteiger partial charge < -0.3 is 9.88 Å². The number of anilines is 1. The van der Waals surface area contributed by atoms with Gasteiger partial charge in [0.15, 0.2) is 0 Å². The molecule has 3 saturated carbocycles.